The molecule has 36 heavy (non-hydrogen) atoms. The van der Waals surface area contributed by atoms with Gasteiger partial charge in [0.25, 0.3) is 0 Å². The van der Waals surface area contributed by atoms with Crippen molar-refractivity contribution in [3.05, 3.63) is 132 Å². The van der Waals surface area contributed by atoms with Gasteiger partial charge in [0.15, 0.2) is 0 Å². The second-order valence-corrected chi connectivity index (χ2v) is 8.40. The van der Waals surface area contributed by atoms with Crippen LogP contribution in [-0.4, -0.2) is 21.7 Å². The topological polar surface area (TPSA) is 80.6 Å². The number of carboxylic acid groups (broad SMARTS) is 1. The molecule has 0 saturated heterocycles. The van der Waals surface area contributed by atoms with Gasteiger partial charge < -0.3 is 15.2 Å². The summed E-state index contributed by atoms with van der Waals surface area (Å²) >= 11 is 0. The van der Waals surface area contributed by atoms with E-state index in [1.54, 1.807) is 12.1 Å². The Morgan fingerprint density at radius 1 is 0.806 bits per heavy atom. The van der Waals surface area contributed by atoms with Crippen LogP contribution in [0.4, 0.5) is 10.5 Å². The molecule has 1 atom stereocenters. The summed E-state index contributed by atoms with van der Waals surface area (Å²) in [6.07, 6.45) is 0.286. The van der Waals surface area contributed by atoms with E-state index in [2.05, 4.69) is 17.4 Å². The number of anilines is 1. The number of hydrogen-bond acceptors (Lipinski definition) is 3. The molecule has 4 aromatic carbocycles. The summed E-state index contributed by atoms with van der Waals surface area (Å²) in [5.74, 6) is -0.666. The lowest BCUT2D eigenvalue weighted by Gasteiger charge is -2.21. The van der Waals surface area contributed by atoms with Crippen LogP contribution < -0.4 is 10.1 Å². The van der Waals surface area contributed by atoms with Gasteiger partial charge in [-0.05, 0) is 35.4 Å². The molecule has 0 spiro atoms. The number of benzene rings is 4. The van der Waals surface area contributed by atoms with Gasteiger partial charge >= 0.3 is 12.0 Å². The molecule has 2 N–H and O–H groups in total. The van der Waals surface area contributed by atoms with Gasteiger partial charge in [0, 0.05) is 23.6 Å². The van der Waals surface area contributed by atoms with Crippen molar-refractivity contribution < 1.29 is 19.4 Å². The lowest BCUT2D eigenvalue weighted by atomic mass is 10.0. The number of aromatic carboxylic acids is 1. The zero-order chi connectivity index (χ0) is 24.9. The second kappa shape index (κ2) is 10.2. The van der Waals surface area contributed by atoms with Crippen LogP contribution in [0.5, 0.6) is 5.88 Å². The first-order valence-electron chi connectivity index (χ1n) is 11.6. The largest absolute Gasteiger partial charge is 0.478 e. The number of hydrogen-bond donors (Lipinski definition) is 2. The van der Waals surface area contributed by atoms with Crippen LogP contribution in [0.25, 0.3) is 10.9 Å². The van der Waals surface area contributed by atoms with Crippen molar-refractivity contribution in [2.75, 3.05) is 5.32 Å². The number of nitrogens with zero attached hydrogens (tertiary/aromatic N) is 1. The van der Waals surface area contributed by atoms with Crippen LogP contribution in [0.15, 0.2) is 115 Å². The SMILES string of the molecule is O=C(O)c1cccc(NC(=O)n2c(OC(Cc3ccccc3)c3ccccc3)cc3ccccc32)c1. The van der Waals surface area contributed by atoms with Crippen molar-refractivity contribution >= 4 is 28.6 Å². The molecule has 0 aliphatic heterocycles. The van der Waals surface area contributed by atoms with Crippen molar-refractivity contribution in [2.24, 2.45) is 0 Å². The number of carbonyl (C=O) groups is 2. The lowest BCUT2D eigenvalue weighted by Crippen LogP contribution is -2.22. The van der Waals surface area contributed by atoms with Gasteiger partial charge in [0.05, 0.1) is 11.1 Å². The van der Waals surface area contributed by atoms with E-state index in [4.69, 9.17) is 4.74 Å². The van der Waals surface area contributed by atoms with Crippen LogP contribution in [0.3, 0.4) is 0 Å². The van der Waals surface area contributed by atoms with Gasteiger partial charge in [-0.3, -0.25) is 0 Å². The van der Waals surface area contributed by atoms with Crippen LogP contribution in [0, 0.1) is 0 Å². The lowest BCUT2D eigenvalue weighted by molar-refractivity contribution is 0.0697. The van der Waals surface area contributed by atoms with Gasteiger partial charge in [-0.25, -0.2) is 14.2 Å². The van der Waals surface area contributed by atoms with Crippen molar-refractivity contribution in [3.63, 3.8) is 0 Å². The highest BCUT2D eigenvalue weighted by Gasteiger charge is 2.22. The van der Waals surface area contributed by atoms with Gasteiger partial charge in [-0.1, -0.05) is 84.9 Å². The van der Waals surface area contributed by atoms with Crippen LogP contribution in [0.2, 0.25) is 0 Å². The average Bonchev–Trinajstić information content (AvgIpc) is 3.27. The Balaban J connectivity index is 1.52. The number of ether oxygens (including phenoxy) is 1. The van der Waals surface area contributed by atoms with Crippen LogP contribution in [-0.2, 0) is 6.42 Å². The fraction of sp³-hybridized carbons (Fsp3) is 0.0667. The molecule has 1 aromatic heterocycles. The third-order valence-electron chi connectivity index (χ3n) is 5.94. The van der Waals surface area contributed by atoms with Crippen molar-refractivity contribution in [1.82, 2.24) is 4.57 Å². The van der Waals surface area contributed by atoms with Gasteiger partial charge in [-0.2, -0.15) is 0 Å². The number of amides is 1. The standard InChI is InChI=1S/C30H24N2O4/c33-29(34)24-15-9-16-25(19-24)31-30(35)32-26-17-8-7-14-23(26)20-28(32)36-27(22-12-5-2-6-13-22)18-21-10-3-1-4-11-21/h1-17,19-20,27H,18H2,(H,31,35)(H,33,34). The minimum Gasteiger partial charge on any atom is -0.478 e. The molecule has 0 radical (unpaired) electrons. The predicted molar refractivity (Wildman–Crippen MR) is 140 cm³/mol. The zero-order valence-corrected chi connectivity index (χ0v) is 19.4. The maximum Gasteiger partial charge on any atom is 0.335 e. The molecule has 178 valence electrons. The number of rotatable bonds is 7. The quantitative estimate of drug-likeness (QED) is 0.271. The molecule has 0 aliphatic carbocycles. The summed E-state index contributed by atoms with van der Waals surface area (Å²) in [6.45, 7) is 0. The second-order valence-electron chi connectivity index (χ2n) is 8.40. The zero-order valence-electron chi connectivity index (χ0n) is 19.4. The van der Waals surface area contributed by atoms with Gasteiger partial charge in [-0.15, -0.1) is 0 Å². The molecule has 1 heterocycles. The summed E-state index contributed by atoms with van der Waals surface area (Å²) < 4.78 is 8.04. The molecule has 0 saturated carbocycles. The van der Waals surface area contributed by atoms with E-state index in [0.29, 0.717) is 23.5 Å². The van der Waals surface area contributed by atoms with E-state index >= 15 is 0 Å². The normalized spacial score (nSPS) is 11.7. The van der Waals surface area contributed by atoms with Gasteiger partial charge in [0.2, 0.25) is 5.88 Å². The highest BCUT2D eigenvalue weighted by atomic mass is 16.5. The predicted octanol–water partition coefficient (Wildman–Crippen LogP) is 6.78. The average molecular weight is 477 g/mol. The van der Waals surface area contributed by atoms with Crippen molar-refractivity contribution in [3.8, 4) is 5.88 Å². The number of carbonyl (C=O) groups excluding carboxylic acids is 1. The van der Waals surface area contributed by atoms with Crippen molar-refractivity contribution in [2.45, 2.75) is 12.5 Å². The fourth-order valence-electron chi connectivity index (χ4n) is 4.20. The molecule has 6 nitrogen and oxygen atoms in total. The Labute approximate surface area is 208 Å². The Bertz CT molecular complexity index is 1510. The monoisotopic (exact) mass is 476 g/mol. The Morgan fingerprint density at radius 3 is 2.25 bits per heavy atom. The maximum absolute atomic E-state index is 13.5. The number of para-hydroxylation sites is 1. The third-order valence-corrected chi connectivity index (χ3v) is 5.94. The van der Waals surface area contributed by atoms with E-state index in [1.165, 1.54) is 16.7 Å². The summed E-state index contributed by atoms with van der Waals surface area (Å²) in [4.78, 5) is 24.9. The summed E-state index contributed by atoms with van der Waals surface area (Å²) in [5, 5.41) is 13.0. The van der Waals surface area contributed by atoms with E-state index in [0.717, 1.165) is 16.5 Å². The maximum atomic E-state index is 13.5. The first kappa shape index (κ1) is 22.9. The van der Waals surface area contributed by atoms with E-state index in [1.807, 2.05) is 78.9 Å². The first-order chi connectivity index (χ1) is 17.6. The molecule has 5 aromatic rings. The molecule has 0 aliphatic rings. The molecule has 0 fully saturated rings. The molecule has 5 rings (SSSR count). The van der Waals surface area contributed by atoms with E-state index < -0.39 is 12.0 Å². The van der Waals surface area contributed by atoms with E-state index in [9.17, 15) is 14.7 Å². The summed E-state index contributed by atoms with van der Waals surface area (Å²) in [6, 6.07) is 35.1. The van der Waals surface area contributed by atoms with E-state index in [-0.39, 0.29) is 11.7 Å². The Morgan fingerprint density at radius 2 is 1.50 bits per heavy atom. The molecule has 0 bridgehead atoms. The fourth-order valence-corrected chi connectivity index (χ4v) is 4.20. The first-order valence-corrected chi connectivity index (χ1v) is 11.6. The van der Waals surface area contributed by atoms with Gasteiger partial charge in [0.1, 0.15) is 6.10 Å². The number of carboxylic acids is 1. The highest BCUT2D eigenvalue weighted by Crippen LogP contribution is 2.31. The number of nitrogens with one attached hydrogen (secondary N) is 1. The van der Waals surface area contributed by atoms with Crippen LogP contribution in [0.1, 0.15) is 27.6 Å². The molecular formula is C30H24N2O4. The van der Waals surface area contributed by atoms with Crippen LogP contribution >= 0.6 is 0 Å². The minimum atomic E-state index is -1.06. The molecule has 1 amide bonds. The summed E-state index contributed by atoms with van der Waals surface area (Å²) in [5.41, 5.74) is 3.27. The minimum absolute atomic E-state index is 0.0913. The smallest absolute Gasteiger partial charge is 0.335 e. The number of fused-ring (bicyclic) bond motifs is 1. The third kappa shape index (κ3) is 4.98. The highest BCUT2D eigenvalue weighted by molar-refractivity contribution is 6.01. The molecule has 1 unspecified atom stereocenters. The Kier molecular flexibility index (Phi) is 6.49. The summed E-state index contributed by atoms with van der Waals surface area (Å²) in [7, 11) is 0. The van der Waals surface area contributed by atoms with Crippen molar-refractivity contribution in [1.29, 1.82) is 0 Å². The molecule has 6 heteroatoms. The Hall–Kier alpha value is -4.84. The molecular weight excluding hydrogens is 452 g/mol. The number of aromatic nitrogens is 1.